The maximum Gasteiger partial charge on any atom is 0.138 e. The van der Waals surface area contributed by atoms with Gasteiger partial charge in [-0.3, -0.25) is 0 Å². The van der Waals surface area contributed by atoms with Crippen LogP contribution in [0.3, 0.4) is 0 Å². The number of hydrogen-bond donors (Lipinski definition) is 0. The van der Waals surface area contributed by atoms with E-state index in [0.29, 0.717) is 15.8 Å². The monoisotopic (exact) mass is 269 g/mol. The second-order valence-corrected chi connectivity index (χ2v) is 4.38. The van der Waals surface area contributed by atoms with Gasteiger partial charge in [-0.15, -0.1) is 0 Å². The van der Waals surface area contributed by atoms with Gasteiger partial charge in [-0.25, -0.2) is 4.39 Å². The Morgan fingerprint density at radius 1 is 1.53 bits per heavy atom. The molecule has 2 nitrogen and oxygen atoms in total. The zero-order chi connectivity index (χ0) is 10.8. The summed E-state index contributed by atoms with van der Waals surface area (Å²) in [7, 11) is 0. The first kappa shape index (κ1) is 10.4. The normalized spacial score (nSPS) is 14.7. The second-order valence-electron chi connectivity index (χ2n) is 3.53. The molecule has 1 aromatic rings. The Hall–Kier alpha value is -1.08. The number of nitrogens with zero attached hydrogens (tertiary/aromatic N) is 1. The highest BCUT2D eigenvalue weighted by atomic mass is 79.9. The number of rotatable bonds is 3. The molecule has 1 aliphatic rings. The van der Waals surface area contributed by atoms with E-state index < -0.39 is 0 Å². The molecule has 15 heavy (non-hydrogen) atoms. The van der Waals surface area contributed by atoms with Crippen molar-refractivity contribution in [3.05, 3.63) is 28.0 Å². The molecular weight excluding hydrogens is 261 g/mol. The van der Waals surface area contributed by atoms with E-state index in [1.807, 2.05) is 6.07 Å². The maximum atomic E-state index is 13.1. The van der Waals surface area contributed by atoms with Crippen molar-refractivity contribution in [3.8, 4) is 11.8 Å². The van der Waals surface area contributed by atoms with Crippen molar-refractivity contribution in [1.82, 2.24) is 0 Å². The summed E-state index contributed by atoms with van der Waals surface area (Å²) in [5.41, 5.74) is 0.608. The van der Waals surface area contributed by atoms with Crippen molar-refractivity contribution >= 4 is 15.9 Å². The predicted molar refractivity (Wildman–Crippen MR) is 57.1 cm³/mol. The minimum absolute atomic E-state index is 0.165. The molecule has 0 unspecified atom stereocenters. The van der Waals surface area contributed by atoms with Crippen LogP contribution >= 0.6 is 15.9 Å². The third kappa shape index (κ3) is 2.48. The third-order valence-electron chi connectivity index (χ3n) is 2.16. The standard InChI is InChI=1S/C11H9BrFNO/c12-10-6-8(13)5-7(3-4-14)11(10)15-9-1-2-9/h5-6,9H,1-3H2. The molecule has 1 aliphatic carbocycles. The fraction of sp³-hybridized carbons (Fsp3) is 0.364. The summed E-state index contributed by atoms with van der Waals surface area (Å²) in [5.74, 6) is 0.260. The molecule has 2 rings (SSSR count). The number of nitriles is 1. The first-order valence-electron chi connectivity index (χ1n) is 4.72. The van der Waals surface area contributed by atoms with Crippen molar-refractivity contribution in [2.75, 3.05) is 0 Å². The SMILES string of the molecule is N#CCc1cc(F)cc(Br)c1OC1CC1. The van der Waals surface area contributed by atoms with Gasteiger partial charge in [-0.2, -0.15) is 5.26 Å². The molecule has 0 amide bonds. The van der Waals surface area contributed by atoms with Crippen LogP contribution in [0.15, 0.2) is 16.6 Å². The Kier molecular flexibility index (Phi) is 2.92. The molecule has 1 saturated carbocycles. The van der Waals surface area contributed by atoms with Crippen LogP contribution in [0.25, 0.3) is 0 Å². The van der Waals surface area contributed by atoms with Gasteiger partial charge < -0.3 is 4.74 Å². The maximum absolute atomic E-state index is 13.1. The Labute approximate surface area is 95.8 Å². The van der Waals surface area contributed by atoms with Crippen LogP contribution in [0.4, 0.5) is 4.39 Å². The molecule has 0 aliphatic heterocycles. The predicted octanol–water partition coefficient (Wildman–Crippen LogP) is 3.20. The topological polar surface area (TPSA) is 33.0 Å². The third-order valence-corrected chi connectivity index (χ3v) is 2.75. The molecule has 0 bridgehead atoms. The molecule has 0 N–H and O–H groups in total. The van der Waals surface area contributed by atoms with Crippen molar-refractivity contribution in [3.63, 3.8) is 0 Å². The summed E-state index contributed by atoms with van der Waals surface area (Å²) >= 11 is 3.25. The largest absolute Gasteiger partial charge is 0.489 e. The van der Waals surface area contributed by atoms with Crippen LogP contribution in [-0.2, 0) is 6.42 Å². The highest BCUT2D eigenvalue weighted by Crippen LogP contribution is 2.35. The number of benzene rings is 1. The average molecular weight is 270 g/mol. The van der Waals surface area contributed by atoms with E-state index in [9.17, 15) is 4.39 Å². The van der Waals surface area contributed by atoms with Crippen LogP contribution < -0.4 is 4.74 Å². The van der Waals surface area contributed by atoms with Crippen molar-refractivity contribution in [1.29, 1.82) is 5.26 Å². The Balaban J connectivity index is 2.34. The zero-order valence-corrected chi connectivity index (χ0v) is 9.55. The van der Waals surface area contributed by atoms with Crippen LogP contribution in [-0.4, -0.2) is 6.10 Å². The average Bonchev–Trinajstić information content (AvgIpc) is 2.95. The summed E-state index contributed by atoms with van der Waals surface area (Å²) in [5, 5.41) is 8.63. The summed E-state index contributed by atoms with van der Waals surface area (Å²) in [6, 6.07) is 4.72. The van der Waals surface area contributed by atoms with Gasteiger partial charge in [0.2, 0.25) is 0 Å². The first-order chi connectivity index (χ1) is 7.20. The quantitative estimate of drug-likeness (QED) is 0.845. The first-order valence-corrected chi connectivity index (χ1v) is 5.51. The van der Waals surface area contributed by atoms with Gasteiger partial charge in [0.25, 0.3) is 0 Å². The van der Waals surface area contributed by atoms with Crippen LogP contribution in [0.5, 0.6) is 5.75 Å². The fourth-order valence-corrected chi connectivity index (χ4v) is 1.88. The van der Waals surface area contributed by atoms with Crippen LogP contribution in [0.1, 0.15) is 18.4 Å². The van der Waals surface area contributed by atoms with Gasteiger partial charge in [0, 0.05) is 5.56 Å². The van der Waals surface area contributed by atoms with E-state index in [0.717, 1.165) is 12.8 Å². The lowest BCUT2D eigenvalue weighted by molar-refractivity contribution is 0.298. The summed E-state index contributed by atoms with van der Waals surface area (Å²) in [6.07, 6.45) is 2.48. The molecule has 1 aromatic carbocycles. The molecule has 4 heteroatoms. The fourth-order valence-electron chi connectivity index (χ4n) is 1.31. The molecule has 0 atom stereocenters. The lowest BCUT2D eigenvalue weighted by Gasteiger charge is -2.11. The molecule has 0 saturated heterocycles. The minimum atomic E-state index is -0.352. The number of hydrogen-bond acceptors (Lipinski definition) is 2. The molecule has 0 aromatic heterocycles. The molecule has 1 fully saturated rings. The molecule has 0 heterocycles. The van der Waals surface area contributed by atoms with Gasteiger partial charge >= 0.3 is 0 Å². The van der Waals surface area contributed by atoms with Crippen molar-refractivity contribution < 1.29 is 9.13 Å². The lowest BCUT2D eigenvalue weighted by atomic mass is 10.1. The highest BCUT2D eigenvalue weighted by Gasteiger charge is 2.25. The highest BCUT2D eigenvalue weighted by molar-refractivity contribution is 9.10. The van der Waals surface area contributed by atoms with Crippen LogP contribution in [0, 0.1) is 17.1 Å². The summed E-state index contributed by atoms with van der Waals surface area (Å²) < 4.78 is 19.3. The lowest BCUT2D eigenvalue weighted by Crippen LogP contribution is -2.01. The number of halogens is 2. The Bertz CT molecular complexity index is 423. The van der Waals surface area contributed by atoms with E-state index in [4.69, 9.17) is 10.00 Å². The molecular formula is C11H9BrFNO. The molecule has 0 spiro atoms. The Morgan fingerprint density at radius 2 is 2.27 bits per heavy atom. The van der Waals surface area contributed by atoms with E-state index in [2.05, 4.69) is 15.9 Å². The van der Waals surface area contributed by atoms with Gasteiger partial charge in [0.05, 0.1) is 23.1 Å². The van der Waals surface area contributed by atoms with Gasteiger partial charge in [0.1, 0.15) is 11.6 Å². The van der Waals surface area contributed by atoms with Crippen molar-refractivity contribution in [2.45, 2.75) is 25.4 Å². The minimum Gasteiger partial charge on any atom is -0.489 e. The van der Waals surface area contributed by atoms with Crippen LogP contribution in [0.2, 0.25) is 0 Å². The van der Waals surface area contributed by atoms with Crippen molar-refractivity contribution in [2.24, 2.45) is 0 Å². The van der Waals surface area contributed by atoms with Gasteiger partial charge in [0.15, 0.2) is 0 Å². The molecule has 0 radical (unpaired) electrons. The van der Waals surface area contributed by atoms with Gasteiger partial charge in [-0.05, 0) is 40.9 Å². The van der Waals surface area contributed by atoms with Gasteiger partial charge in [-0.1, -0.05) is 0 Å². The molecule has 78 valence electrons. The van der Waals surface area contributed by atoms with E-state index in [-0.39, 0.29) is 18.3 Å². The smallest absolute Gasteiger partial charge is 0.138 e. The second kappa shape index (κ2) is 4.19. The Morgan fingerprint density at radius 3 is 2.87 bits per heavy atom. The summed E-state index contributed by atoms with van der Waals surface area (Å²) in [4.78, 5) is 0. The zero-order valence-electron chi connectivity index (χ0n) is 7.96. The summed E-state index contributed by atoms with van der Waals surface area (Å²) in [6.45, 7) is 0. The van der Waals surface area contributed by atoms with E-state index in [1.165, 1.54) is 12.1 Å². The van der Waals surface area contributed by atoms with E-state index in [1.54, 1.807) is 0 Å². The number of ether oxygens (including phenoxy) is 1. The van der Waals surface area contributed by atoms with E-state index >= 15 is 0 Å².